The Labute approximate surface area is 133 Å². The van der Waals surface area contributed by atoms with Gasteiger partial charge in [0, 0.05) is 57.6 Å². The van der Waals surface area contributed by atoms with Crippen molar-refractivity contribution in [3.8, 4) is 0 Å². The van der Waals surface area contributed by atoms with Gasteiger partial charge in [0.2, 0.25) is 0 Å². The van der Waals surface area contributed by atoms with Gasteiger partial charge in [-0.1, -0.05) is 18.9 Å². The first-order valence-electron chi connectivity index (χ1n) is 8.46. The highest BCUT2D eigenvalue weighted by atomic mass is 16.2. The number of rotatable bonds is 3. The molecule has 22 heavy (non-hydrogen) atoms. The van der Waals surface area contributed by atoms with E-state index in [1.54, 1.807) is 0 Å². The summed E-state index contributed by atoms with van der Waals surface area (Å²) in [6.07, 6.45) is 5.44. The summed E-state index contributed by atoms with van der Waals surface area (Å²) < 4.78 is 0. The molecule has 1 aliphatic heterocycles. The van der Waals surface area contributed by atoms with Gasteiger partial charge in [-0.2, -0.15) is 0 Å². The second kappa shape index (κ2) is 6.69. The molecule has 1 aromatic carbocycles. The van der Waals surface area contributed by atoms with Crippen LogP contribution in [0.15, 0.2) is 24.3 Å². The maximum Gasteiger partial charge on any atom is 0.254 e. The van der Waals surface area contributed by atoms with Crippen molar-refractivity contribution in [2.24, 2.45) is 0 Å². The quantitative estimate of drug-likeness (QED) is 0.858. The topological polar surface area (TPSA) is 26.8 Å². The number of nitrogens with zero attached hydrogens (tertiary/aromatic N) is 3. The van der Waals surface area contributed by atoms with Crippen LogP contribution in [-0.2, 0) is 0 Å². The van der Waals surface area contributed by atoms with E-state index < -0.39 is 0 Å². The van der Waals surface area contributed by atoms with E-state index in [1.165, 1.54) is 25.7 Å². The van der Waals surface area contributed by atoms with Crippen LogP contribution in [0.4, 0.5) is 5.69 Å². The highest BCUT2D eigenvalue weighted by molar-refractivity contribution is 5.95. The number of carbonyl (C=O) groups is 1. The van der Waals surface area contributed by atoms with Crippen LogP contribution in [-0.4, -0.2) is 62.0 Å². The Morgan fingerprint density at radius 1 is 1.09 bits per heavy atom. The number of benzene rings is 1. The summed E-state index contributed by atoms with van der Waals surface area (Å²) in [6.45, 7) is 3.79. The van der Waals surface area contributed by atoms with Gasteiger partial charge in [-0.3, -0.25) is 9.69 Å². The lowest BCUT2D eigenvalue weighted by Gasteiger charge is -2.38. The normalized spacial score (nSPS) is 20.4. The molecular formula is C18H27N3O. The van der Waals surface area contributed by atoms with Gasteiger partial charge in [0.25, 0.3) is 5.91 Å². The summed E-state index contributed by atoms with van der Waals surface area (Å²) in [5.74, 6) is 0.176. The lowest BCUT2D eigenvalue weighted by atomic mass is 10.1. The van der Waals surface area contributed by atoms with Gasteiger partial charge in [-0.15, -0.1) is 0 Å². The van der Waals surface area contributed by atoms with Crippen LogP contribution in [0.25, 0.3) is 0 Å². The first kappa shape index (κ1) is 15.3. The zero-order valence-corrected chi connectivity index (χ0v) is 13.8. The van der Waals surface area contributed by atoms with Crippen LogP contribution in [0.2, 0.25) is 0 Å². The third kappa shape index (κ3) is 3.27. The maximum atomic E-state index is 12.7. The van der Waals surface area contributed by atoms with Crippen molar-refractivity contribution in [2.75, 3.05) is 45.2 Å². The monoisotopic (exact) mass is 301 g/mol. The summed E-state index contributed by atoms with van der Waals surface area (Å²) in [4.78, 5) is 19.3. The minimum absolute atomic E-state index is 0.176. The predicted molar refractivity (Wildman–Crippen MR) is 90.5 cm³/mol. The van der Waals surface area contributed by atoms with Gasteiger partial charge in [0.15, 0.2) is 0 Å². The molecule has 2 aliphatic rings. The summed E-state index contributed by atoms with van der Waals surface area (Å²) >= 11 is 0. The average molecular weight is 301 g/mol. The molecule has 1 saturated heterocycles. The van der Waals surface area contributed by atoms with Crippen molar-refractivity contribution in [3.05, 3.63) is 29.8 Å². The third-order valence-electron chi connectivity index (χ3n) is 5.05. The smallest absolute Gasteiger partial charge is 0.254 e. The van der Waals surface area contributed by atoms with Gasteiger partial charge in [0.05, 0.1) is 0 Å². The van der Waals surface area contributed by atoms with Gasteiger partial charge in [-0.25, -0.2) is 0 Å². The fourth-order valence-electron chi connectivity index (χ4n) is 3.66. The van der Waals surface area contributed by atoms with Gasteiger partial charge in [-0.05, 0) is 31.0 Å². The molecule has 3 rings (SSSR count). The minimum atomic E-state index is 0.176. The third-order valence-corrected chi connectivity index (χ3v) is 5.05. The molecule has 1 aromatic rings. The van der Waals surface area contributed by atoms with Crippen molar-refractivity contribution in [1.82, 2.24) is 9.80 Å². The van der Waals surface area contributed by atoms with Crippen LogP contribution in [0, 0.1) is 0 Å². The Kier molecular flexibility index (Phi) is 4.67. The lowest BCUT2D eigenvalue weighted by molar-refractivity contribution is 0.0573. The van der Waals surface area contributed by atoms with Gasteiger partial charge >= 0.3 is 0 Å². The fourth-order valence-corrected chi connectivity index (χ4v) is 3.66. The Balaban J connectivity index is 1.60. The molecule has 0 atom stereocenters. The first-order chi connectivity index (χ1) is 10.6. The molecule has 0 unspecified atom stereocenters. The zero-order valence-electron chi connectivity index (χ0n) is 13.8. The molecule has 0 bridgehead atoms. The Morgan fingerprint density at radius 3 is 2.41 bits per heavy atom. The molecule has 4 heteroatoms. The zero-order chi connectivity index (χ0) is 15.5. The van der Waals surface area contributed by atoms with E-state index in [1.807, 2.05) is 48.2 Å². The molecule has 0 spiro atoms. The van der Waals surface area contributed by atoms with Crippen molar-refractivity contribution >= 4 is 11.6 Å². The van der Waals surface area contributed by atoms with E-state index in [4.69, 9.17) is 0 Å². The average Bonchev–Trinajstić information content (AvgIpc) is 3.09. The molecule has 120 valence electrons. The number of amides is 1. The molecule has 1 amide bonds. The number of carbonyl (C=O) groups excluding carboxylic acids is 1. The summed E-state index contributed by atoms with van der Waals surface area (Å²) in [5, 5.41) is 0. The predicted octanol–water partition coefficient (Wildman–Crippen LogP) is 2.45. The number of piperazine rings is 1. The molecule has 0 N–H and O–H groups in total. The van der Waals surface area contributed by atoms with Crippen molar-refractivity contribution in [3.63, 3.8) is 0 Å². The van der Waals surface area contributed by atoms with Crippen molar-refractivity contribution in [1.29, 1.82) is 0 Å². The van der Waals surface area contributed by atoms with E-state index in [9.17, 15) is 4.79 Å². The van der Waals surface area contributed by atoms with Crippen LogP contribution in [0.5, 0.6) is 0 Å². The Morgan fingerprint density at radius 2 is 1.77 bits per heavy atom. The highest BCUT2D eigenvalue weighted by Gasteiger charge is 2.28. The minimum Gasteiger partial charge on any atom is -0.378 e. The van der Waals surface area contributed by atoms with Crippen molar-refractivity contribution in [2.45, 2.75) is 31.7 Å². The molecule has 0 aromatic heterocycles. The van der Waals surface area contributed by atoms with Gasteiger partial charge < -0.3 is 9.80 Å². The second-order valence-electron chi connectivity index (χ2n) is 6.71. The van der Waals surface area contributed by atoms with E-state index in [2.05, 4.69) is 4.90 Å². The van der Waals surface area contributed by atoms with Crippen LogP contribution in [0.1, 0.15) is 36.0 Å². The standard InChI is InChI=1S/C18H27N3O/c1-19(2)17-9-5-6-15(14-17)18(22)21-12-10-20(11-13-21)16-7-3-4-8-16/h5-6,9,14,16H,3-4,7-8,10-13H2,1-2H3. The van der Waals surface area contributed by atoms with E-state index >= 15 is 0 Å². The van der Waals surface area contributed by atoms with Crippen LogP contribution < -0.4 is 4.90 Å². The Hall–Kier alpha value is -1.55. The molecule has 1 heterocycles. The molecule has 4 nitrogen and oxygen atoms in total. The fraction of sp³-hybridized carbons (Fsp3) is 0.611. The molecule has 2 fully saturated rings. The number of hydrogen-bond donors (Lipinski definition) is 0. The summed E-state index contributed by atoms with van der Waals surface area (Å²) in [7, 11) is 4.01. The molecule has 1 aliphatic carbocycles. The number of anilines is 1. The van der Waals surface area contributed by atoms with E-state index in [0.717, 1.165) is 43.5 Å². The molecule has 1 saturated carbocycles. The number of hydrogen-bond acceptors (Lipinski definition) is 3. The first-order valence-corrected chi connectivity index (χ1v) is 8.46. The van der Waals surface area contributed by atoms with Crippen molar-refractivity contribution < 1.29 is 4.79 Å². The maximum absolute atomic E-state index is 12.7. The molecular weight excluding hydrogens is 274 g/mol. The largest absolute Gasteiger partial charge is 0.378 e. The Bertz CT molecular complexity index is 515. The summed E-state index contributed by atoms with van der Waals surface area (Å²) in [5.41, 5.74) is 1.89. The second-order valence-corrected chi connectivity index (χ2v) is 6.71. The SMILES string of the molecule is CN(C)c1cccc(C(=O)N2CCN(C3CCCC3)CC2)c1. The van der Waals surface area contributed by atoms with E-state index in [-0.39, 0.29) is 5.91 Å². The van der Waals surface area contributed by atoms with Crippen LogP contribution >= 0.6 is 0 Å². The lowest BCUT2D eigenvalue weighted by Crippen LogP contribution is -2.51. The highest BCUT2D eigenvalue weighted by Crippen LogP contribution is 2.24. The van der Waals surface area contributed by atoms with Crippen LogP contribution in [0.3, 0.4) is 0 Å². The van der Waals surface area contributed by atoms with Gasteiger partial charge in [0.1, 0.15) is 0 Å². The summed E-state index contributed by atoms with van der Waals surface area (Å²) in [6, 6.07) is 8.70. The molecule has 0 radical (unpaired) electrons. The van der Waals surface area contributed by atoms with E-state index in [0.29, 0.717) is 0 Å².